The van der Waals surface area contributed by atoms with Crippen LogP contribution in [0.2, 0.25) is 0 Å². The van der Waals surface area contributed by atoms with Crippen LogP contribution in [0.25, 0.3) is 6.08 Å². The van der Waals surface area contributed by atoms with Crippen molar-refractivity contribution >= 4 is 17.9 Å². The van der Waals surface area contributed by atoms with Gasteiger partial charge in [0, 0.05) is 30.8 Å². The number of aryl methyl sites for hydroxylation is 2. The zero-order valence-corrected chi connectivity index (χ0v) is 15.4. The minimum Gasteiger partial charge on any atom is -0.338 e. The first kappa shape index (κ1) is 18.8. The number of likely N-dealkylation sites (tertiary alicyclic amines) is 1. The van der Waals surface area contributed by atoms with Gasteiger partial charge in [-0.3, -0.25) is 14.8 Å². The summed E-state index contributed by atoms with van der Waals surface area (Å²) in [6, 6.07) is 7.42. The number of hydroxylamine groups is 1. The Morgan fingerprint density at radius 2 is 1.78 bits per heavy atom. The van der Waals surface area contributed by atoms with Gasteiger partial charge in [0.2, 0.25) is 0 Å². The molecule has 0 spiro atoms. The van der Waals surface area contributed by atoms with Crippen molar-refractivity contribution < 1.29 is 14.8 Å². The number of aromatic nitrogens is 3. The second-order valence-electron chi connectivity index (χ2n) is 6.58. The Kier molecular flexibility index (Phi) is 5.66. The van der Waals surface area contributed by atoms with Crippen molar-refractivity contribution in [2.45, 2.75) is 32.7 Å². The SMILES string of the molecule is Cc1nnc(C)n1C1CCN(C(=O)c2ccccc2C=CC(=O)NO)CC1. The maximum Gasteiger partial charge on any atom is 0.267 e. The normalized spacial score (nSPS) is 15.3. The molecule has 1 saturated heterocycles. The molecule has 2 N–H and O–H groups in total. The van der Waals surface area contributed by atoms with Gasteiger partial charge in [0.25, 0.3) is 11.8 Å². The van der Waals surface area contributed by atoms with Crippen molar-refractivity contribution in [2.24, 2.45) is 0 Å². The van der Waals surface area contributed by atoms with Gasteiger partial charge in [-0.25, -0.2) is 5.48 Å². The lowest BCUT2D eigenvalue weighted by Crippen LogP contribution is -2.39. The highest BCUT2D eigenvalue weighted by atomic mass is 16.5. The molecule has 1 fully saturated rings. The zero-order chi connectivity index (χ0) is 19.4. The largest absolute Gasteiger partial charge is 0.338 e. The Bertz CT molecular complexity index is 846. The molecule has 0 unspecified atom stereocenters. The second kappa shape index (κ2) is 8.13. The highest BCUT2D eigenvalue weighted by Crippen LogP contribution is 2.26. The highest BCUT2D eigenvalue weighted by Gasteiger charge is 2.27. The van der Waals surface area contributed by atoms with E-state index in [1.165, 1.54) is 12.2 Å². The number of amides is 2. The number of carbonyl (C=O) groups excluding carboxylic acids is 2. The summed E-state index contributed by atoms with van der Waals surface area (Å²) in [6.45, 7) is 5.19. The molecule has 0 radical (unpaired) electrons. The Morgan fingerprint density at radius 1 is 1.15 bits per heavy atom. The van der Waals surface area contributed by atoms with Crippen LogP contribution in [0.5, 0.6) is 0 Å². The Hall–Kier alpha value is -3.00. The van der Waals surface area contributed by atoms with E-state index in [1.54, 1.807) is 29.7 Å². The quantitative estimate of drug-likeness (QED) is 0.487. The lowest BCUT2D eigenvalue weighted by atomic mass is 10.0. The van der Waals surface area contributed by atoms with Gasteiger partial charge in [-0.15, -0.1) is 10.2 Å². The molecule has 2 heterocycles. The summed E-state index contributed by atoms with van der Waals surface area (Å²) in [4.78, 5) is 26.0. The summed E-state index contributed by atoms with van der Waals surface area (Å²) >= 11 is 0. The molecule has 0 aliphatic carbocycles. The topological polar surface area (TPSA) is 100 Å². The monoisotopic (exact) mass is 369 g/mol. The molecular formula is C19H23N5O3. The number of nitrogens with one attached hydrogen (secondary N) is 1. The van der Waals surface area contributed by atoms with Crippen LogP contribution in [0.4, 0.5) is 0 Å². The standard InChI is InChI=1S/C19H23N5O3/c1-13-20-21-14(2)24(13)16-9-11-23(12-10-16)19(26)17-6-4-3-5-15(17)7-8-18(25)22-27/h3-8,16,27H,9-12H2,1-2H3,(H,22,25). The van der Waals surface area contributed by atoms with Crippen LogP contribution in [-0.4, -0.2) is 49.8 Å². The van der Waals surface area contributed by atoms with E-state index < -0.39 is 5.91 Å². The fraction of sp³-hybridized carbons (Fsp3) is 0.368. The Labute approximate surface area is 157 Å². The second-order valence-corrected chi connectivity index (χ2v) is 6.58. The lowest BCUT2D eigenvalue weighted by molar-refractivity contribution is -0.124. The van der Waals surface area contributed by atoms with E-state index in [0.29, 0.717) is 30.3 Å². The van der Waals surface area contributed by atoms with Gasteiger partial charge in [-0.2, -0.15) is 0 Å². The molecule has 0 bridgehead atoms. The Balaban J connectivity index is 1.71. The molecule has 8 nitrogen and oxygen atoms in total. The molecular weight excluding hydrogens is 346 g/mol. The lowest BCUT2D eigenvalue weighted by Gasteiger charge is -2.33. The number of benzene rings is 1. The first-order valence-electron chi connectivity index (χ1n) is 8.90. The summed E-state index contributed by atoms with van der Waals surface area (Å²) in [5.41, 5.74) is 2.72. The predicted molar refractivity (Wildman–Crippen MR) is 99.1 cm³/mol. The Morgan fingerprint density at radius 3 is 2.41 bits per heavy atom. The van der Waals surface area contributed by atoms with Gasteiger partial charge < -0.3 is 9.47 Å². The molecule has 8 heteroatoms. The smallest absolute Gasteiger partial charge is 0.267 e. The number of hydrogen-bond acceptors (Lipinski definition) is 5. The number of hydrogen-bond donors (Lipinski definition) is 2. The molecule has 1 aromatic heterocycles. The van der Waals surface area contributed by atoms with E-state index >= 15 is 0 Å². The van der Waals surface area contributed by atoms with Crippen LogP contribution in [0.15, 0.2) is 30.3 Å². The first-order valence-corrected chi connectivity index (χ1v) is 8.90. The molecule has 2 aromatic rings. The van der Waals surface area contributed by atoms with Crippen LogP contribution < -0.4 is 5.48 Å². The molecule has 0 saturated carbocycles. The van der Waals surface area contributed by atoms with Gasteiger partial charge in [-0.05, 0) is 44.4 Å². The third-order valence-corrected chi connectivity index (χ3v) is 4.87. The maximum absolute atomic E-state index is 13.0. The summed E-state index contributed by atoms with van der Waals surface area (Å²) in [6.07, 6.45) is 4.40. The fourth-order valence-electron chi connectivity index (χ4n) is 3.54. The van der Waals surface area contributed by atoms with Gasteiger partial charge in [-0.1, -0.05) is 18.2 Å². The fourth-order valence-corrected chi connectivity index (χ4v) is 3.54. The third-order valence-electron chi connectivity index (χ3n) is 4.87. The minimum absolute atomic E-state index is 0.0599. The zero-order valence-electron chi connectivity index (χ0n) is 15.4. The maximum atomic E-state index is 13.0. The molecule has 2 amide bonds. The van der Waals surface area contributed by atoms with E-state index in [4.69, 9.17) is 5.21 Å². The number of carbonyl (C=O) groups is 2. The van der Waals surface area contributed by atoms with Crippen molar-refractivity contribution in [3.63, 3.8) is 0 Å². The van der Waals surface area contributed by atoms with Gasteiger partial charge in [0.1, 0.15) is 11.6 Å². The third kappa shape index (κ3) is 4.06. The summed E-state index contributed by atoms with van der Waals surface area (Å²) in [5.74, 6) is 1.10. The predicted octanol–water partition coefficient (Wildman–Crippen LogP) is 1.89. The van der Waals surface area contributed by atoms with Crippen molar-refractivity contribution in [3.8, 4) is 0 Å². The van der Waals surface area contributed by atoms with Crippen molar-refractivity contribution in [3.05, 3.63) is 53.1 Å². The van der Waals surface area contributed by atoms with E-state index in [2.05, 4.69) is 14.8 Å². The van der Waals surface area contributed by atoms with Crippen molar-refractivity contribution in [1.29, 1.82) is 0 Å². The molecule has 3 rings (SSSR count). The molecule has 1 aliphatic rings. The van der Waals surface area contributed by atoms with Crippen LogP contribution in [0.1, 0.15) is 46.5 Å². The highest BCUT2D eigenvalue weighted by molar-refractivity contribution is 5.99. The number of rotatable bonds is 4. The number of nitrogens with zero attached hydrogens (tertiary/aromatic N) is 4. The summed E-state index contributed by atoms with van der Waals surface area (Å²) in [7, 11) is 0. The minimum atomic E-state index is -0.641. The molecule has 1 aromatic carbocycles. The first-order chi connectivity index (χ1) is 13.0. The average molecular weight is 369 g/mol. The van der Waals surface area contributed by atoms with Gasteiger partial charge >= 0.3 is 0 Å². The van der Waals surface area contributed by atoms with Crippen LogP contribution in [0, 0.1) is 13.8 Å². The van der Waals surface area contributed by atoms with Crippen LogP contribution in [-0.2, 0) is 4.79 Å². The molecule has 142 valence electrons. The molecule has 1 aliphatic heterocycles. The van der Waals surface area contributed by atoms with Gasteiger partial charge in [0.15, 0.2) is 0 Å². The van der Waals surface area contributed by atoms with E-state index in [1.807, 2.05) is 18.7 Å². The van der Waals surface area contributed by atoms with Crippen LogP contribution in [0.3, 0.4) is 0 Å². The van der Waals surface area contributed by atoms with Crippen molar-refractivity contribution in [2.75, 3.05) is 13.1 Å². The molecule has 0 atom stereocenters. The number of piperidine rings is 1. The van der Waals surface area contributed by atoms with Crippen LogP contribution >= 0.6 is 0 Å². The van der Waals surface area contributed by atoms with E-state index in [0.717, 1.165) is 24.5 Å². The average Bonchev–Trinajstić information content (AvgIpc) is 3.04. The summed E-state index contributed by atoms with van der Waals surface area (Å²) < 4.78 is 2.14. The molecule has 27 heavy (non-hydrogen) atoms. The van der Waals surface area contributed by atoms with Gasteiger partial charge in [0.05, 0.1) is 0 Å². The summed E-state index contributed by atoms with van der Waals surface area (Å²) in [5, 5.41) is 16.8. The van der Waals surface area contributed by atoms with E-state index in [9.17, 15) is 9.59 Å². The van der Waals surface area contributed by atoms with E-state index in [-0.39, 0.29) is 5.91 Å². The van der Waals surface area contributed by atoms with Crippen molar-refractivity contribution in [1.82, 2.24) is 25.1 Å².